The van der Waals surface area contributed by atoms with Crippen LogP contribution in [0, 0.1) is 0 Å². The molecule has 4 rings (SSSR count). The van der Waals surface area contributed by atoms with Crippen molar-refractivity contribution in [2.45, 2.75) is 64.1 Å². The van der Waals surface area contributed by atoms with E-state index in [0.29, 0.717) is 18.0 Å². The monoisotopic (exact) mass is 325 g/mol. The molecule has 24 heavy (non-hydrogen) atoms. The fourth-order valence-corrected chi connectivity index (χ4v) is 4.02. The fraction of sp³-hybridized carbons (Fsp3) is 0.579. The highest BCUT2D eigenvalue weighted by Gasteiger charge is 2.27. The normalized spacial score (nSPS) is 23.3. The highest BCUT2D eigenvalue weighted by Crippen LogP contribution is 2.30. The third-order valence-electron chi connectivity index (χ3n) is 5.25. The average Bonchev–Trinajstić information content (AvgIpc) is 2.91. The van der Waals surface area contributed by atoms with Gasteiger partial charge >= 0.3 is 0 Å². The molecule has 0 saturated carbocycles. The lowest BCUT2D eigenvalue weighted by Crippen LogP contribution is -2.40. The maximum atomic E-state index is 4.40. The van der Waals surface area contributed by atoms with E-state index >= 15 is 0 Å². The number of anilines is 1. The summed E-state index contributed by atoms with van der Waals surface area (Å²) in [5.41, 5.74) is 2.70. The Kier molecular flexibility index (Phi) is 4.27. The van der Waals surface area contributed by atoms with Gasteiger partial charge in [0.1, 0.15) is 11.6 Å². The summed E-state index contributed by atoms with van der Waals surface area (Å²) in [5, 5.41) is 16.3. The minimum Gasteiger partial charge on any atom is -0.385 e. The van der Waals surface area contributed by atoms with E-state index < -0.39 is 0 Å². The number of nitrogens with zero attached hydrogens (tertiary/aromatic N) is 3. The third-order valence-corrected chi connectivity index (χ3v) is 5.25. The molecule has 1 aromatic heterocycles. The van der Waals surface area contributed by atoms with E-state index in [1.807, 2.05) is 0 Å². The van der Waals surface area contributed by atoms with Crippen molar-refractivity contribution in [2.75, 3.05) is 11.9 Å². The van der Waals surface area contributed by atoms with Crippen LogP contribution < -0.4 is 10.6 Å². The molecular formula is C19H27N5. The van der Waals surface area contributed by atoms with Crippen LogP contribution in [-0.2, 0) is 13.0 Å². The van der Waals surface area contributed by atoms with E-state index in [2.05, 4.69) is 63.5 Å². The zero-order chi connectivity index (χ0) is 16.5. The van der Waals surface area contributed by atoms with Crippen molar-refractivity contribution in [1.82, 2.24) is 20.1 Å². The van der Waals surface area contributed by atoms with Gasteiger partial charge in [0.25, 0.3) is 0 Å². The van der Waals surface area contributed by atoms with Crippen LogP contribution >= 0.6 is 0 Å². The van der Waals surface area contributed by atoms with Crippen molar-refractivity contribution in [1.29, 1.82) is 0 Å². The predicted molar refractivity (Wildman–Crippen MR) is 96.3 cm³/mol. The Labute approximate surface area is 143 Å². The van der Waals surface area contributed by atoms with Crippen molar-refractivity contribution in [2.24, 2.45) is 0 Å². The van der Waals surface area contributed by atoms with Crippen LogP contribution in [0.25, 0.3) is 0 Å². The summed E-state index contributed by atoms with van der Waals surface area (Å²) < 4.78 is 2.34. The lowest BCUT2D eigenvalue weighted by Gasteiger charge is -2.30. The molecule has 128 valence electrons. The van der Waals surface area contributed by atoms with E-state index in [4.69, 9.17) is 0 Å². The molecule has 2 atom stereocenters. The van der Waals surface area contributed by atoms with Crippen LogP contribution in [0.2, 0.25) is 0 Å². The summed E-state index contributed by atoms with van der Waals surface area (Å²) >= 11 is 0. The molecule has 3 heterocycles. The number of hydrogen-bond acceptors (Lipinski definition) is 4. The quantitative estimate of drug-likeness (QED) is 0.909. The highest BCUT2D eigenvalue weighted by atomic mass is 15.3. The maximum absolute atomic E-state index is 4.40. The van der Waals surface area contributed by atoms with Gasteiger partial charge in [-0.2, -0.15) is 0 Å². The van der Waals surface area contributed by atoms with Crippen molar-refractivity contribution in [3.8, 4) is 0 Å². The number of aromatic nitrogens is 3. The van der Waals surface area contributed by atoms with Crippen LogP contribution in [0.15, 0.2) is 24.3 Å². The van der Waals surface area contributed by atoms with Gasteiger partial charge in [-0.3, -0.25) is 0 Å². The Morgan fingerprint density at radius 2 is 2.08 bits per heavy atom. The molecule has 2 aliphatic heterocycles. The van der Waals surface area contributed by atoms with Gasteiger partial charge in [0.05, 0.1) is 0 Å². The van der Waals surface area contributed by atoms with Crippen molar-refractivity contribution in [3.05, 3.63) is 41.5 Å². The first-order valence-electron chi connectivity index (χ1n) is 9.23. The van der Waals surface area contributed by atoms with Crippen LogP contribution in [0.4, 0.5) is 5.69 Å². The molecule has 0 radical (unpaired) electrons. The highest BCUT2D eigenvalue weighted by molar-refractivity contribution is 5.53. The molecule has 0 amide bonds. The molecule has 0 bridgehead atoms. The number of nitrogens with one attached hydrogen (secondary N) is 2. The summed E-state index contributed by atoms with van der Waals surface area (Å²) in [6.45, 7) is 6.44. The summed E-state index contributed by atoms with van der Waals surface area (Å²) in [5.74, 6) is 2.70. The number of hydrogen-bond donors (Lipinski definition) is 2. The molecular weight excluding hydrogens is 298 g/mol. The summed E-state index contributed by atoms with van der Waals surface area (Å²) in [6, 6.07) is 9.65. The van der Waals surface area contributed by atoms with Crippen LogP contribution in [-0.4, -0.2) is 27.4 Å². The Morgan fingerprint density at radius 3 is 2.96 bits per heavy atom. The first-order chi connectivity index (χ1) is 11.7. The topological polar surface area (TPSA) is 54.8 Å². The van der Waals surface area contributed by atoms with E-state index in [0.717, 1.165) is 37.6 Å². The third kappa shape index (κ3) is 2.93. The van der Waals surface area contributed by atoms with Gasteiger partial charge in [-0.1, -0.05) is 32.0 Å². The zero-order valence-electron chi connectivity index (χ0n) is 14.6. The van der Waals surface area contributed by atoms with Crippen molar-refractivity contribution >= 4 is 5.69 Å². The number of para-hydroxylation sites is 1. The van der Waals surface area contributed by atoms with Gasteiger partial charge in [-0.15, -0.1) is 10.2 Å². The molecule has 1 aromatic carbocycles. The minimum absolute atomic E-state index is 0.424. The minimum atomic E-state index is 0.424. The second-order valence-corrected chi connectivity index (χ2v) is 7.35. The van der Waals surface area contributed by atoms with Crippen LogP contribution in [0.1, 0.15) is 62.3 Å². The van der Waals surface area contributed by atoms with Gasteiger partial charge in [0.2, 0.25) is 0 Å². The molecule has 5 nitrogen and oxygen atoms in total. The Bertz CT molecular complexity index is 706. The largest absolute Gasteiger partial charge is 0.385 e. The summed E-state index contributed by atoms with van der Waals surface area (Å²) in [4.78, 5) is 0. The van der Waals surface area contributed by atoms with Gasteiger partial charge in [-0.25, -0.2) is 0 Å². The second kappa shape index (κ2) is 6.55. The molecule has 0 fully saturated rings. The van der Waals surface area contributed by atoms with Crippen molar-refractivity contribution in [3.63, 3.8) is 0 Å². The molecule has 0 unspecified atom stereocenters. The smallest absolute Gasteiger partial charge is 0.135 e. The molecule has 5 heteroatoms. The average molecular weight is 325 g/mol. The Hall–Kier alpha value is -1.88. The molecule has 2 N–H and O–H groups in total. The van der Waals surface area contributed by atoms with Gasteiger partial charge < -0.3 is 15.2 Å². The summed E-state index contributed by atoms with van der Waals surface area (Å²) in [6.07, 6.45) is 4.55. The zero-order valence-corrected chi connectivity index (χ0v) is 14.6. The second-order valence-electron chi connectivity index (χ2n) is 7.35. The first kappa shape index (κ1) is 15.6. The van der Waals surface area contributed by atoms with E-state index in [-0.39, 0.29) is 0 Å². The Morgan fingerprint density at radius 1 is 1.21 bits per heavy atom. The first-order valence-corrected chi connectivity index (χ1v) is 9.23. The van der Waals surface area contributed by atoms with E-state index in [1.165, 1.54) is 24.1 Å². The van der Waals surface area contributed by atoms with E-state index in [1.54, 1.807) is 0 Å². The number of fused-ring (bicyclic) bond motifs is 2. The number of aryl methyl sites for hydroxylation is 1. The SMILES string of the molecule is CC(C)c1nnc2n1C[C@@H](N[C@H]1CCCNc3ccccc31)CC2. The standard InChI is InChI=1S/C19H27N5/c1-13(2)19-23-22-18-10-9-14(12-24(18)19)21-17-8-5-11-20-16-7-4-3-6-15(16)17/h3-4,6-7,13-14,17,20-21H,5,8-12H2,1-2H3/t14-,17-/m0/s1. The van der Waals surface area contributed by atoms with Crippen LogP contribution in [0.3, 0.4) is 0 Å². The van der Waals surface area contributed by atoms with Crippen molar-refractivity contribution < 1.29 is 0 Å². The number of benzene rings is 1. The molecule has 0 aliphatic carbocycles. The molecule has 0 spiro atoms. The lowest BCUT2D eigenvalue weighted by atomic mass is 9.98. The Balaban J connectivity index is 1.53. The predicted octanol–water partition coefficient (Wildman–Crippen LogP) is 3.25. The number of rotatable bonds is 3. The molecule has 2 aliphatic rings. The summed E-state index contributed by atoms with van der Waals surface area (Å²) in [7, 11) is 0. The molecule has 0 saturated heterocycles. The van der Waals surface area contributed by atoms with Gasteiger partial charge in [0, 0.05) is 43.2 Å². The van der Waals surface area contributed by atoms with E-state index in [9.17, 15) is 0 Å². The van der Waals surface area contributed by atoms with Gasteiger partial charge in [0.15, 0.2) is 0 Å². The van der Waals surface area contributed by atoms with Crippen LogP contribution in [0.5, 0.6) is 0 Å². The fourth-order valence-electron chi connectivity index (χ4n) is 4.02. The van der Waals surface area contributed by atoms with Gasteiger partial charge in [-0.05, 0) is 30.9 Å². The molecule has 2 aromatic rings. The lowest BCUT2D eigenvalue weighted by molar-refractivity contribution is 0.329. The maximum Gasteiger partial charge on any atom is 0.135 e.